The maximum Gasteiger partial charge on any atom is 0.250 e. The Morgan fingerprint density at radius 3 is 2.64 bits per heavy atom. The van der Waals surface area contributed by atoms with Gasteiger partial charge in [0, 0.05) is 0 Å². The second kappa shape index (κ2) is 5.89. The SMILES string of the molecule is NC(=O)c1ccccc1NC(=O)[C@@H]1COc2ccccc2C1. The highest BCUT2D eigenvalue weighted by molar-refractivity contribution is 6.03. The number of amides is 2. The van der Waals surface area contributed by atoms with Gasteiger partial charge in [0.2, 0.25) is 5.91 Å². The van der Waals surface area contributed by atoms with Crippen LogP contribution in [-0.2, 0) is 11.2 Å². The zero-order valence-corrected chi connectivity index (χ0v) is 11.9. The monoisotopic (exact) mass is 296 g/mol. The van der Waals surface area contributed by atoms with E-state index >= 15 is 0 Å². The summed E-state index contributed by atoms with van der Waals surface area (Å²) in [4.78, 5) is 23.8. The predicted octanol–water partition coefficient (Wildman–Crippen LogP) is 1.98. The lowest BCUT2D eigenvalue weighted by molar-refractivity contribution is -0.121. The second-order valence-corrected chi connectivity index (χ2v) is 5.22. The van der Waals surface area contributed by atoms with Gasteiger partial charge in [-0.25, -0.2) is 0 Å². The molecule has 0 saturated carbocycles. The highest BCUT2D eigenvalue weighted by atomic mass is 16.5. The molecule has 0 aromatic heterocycles. The third-order valence-electron chi connectivity index (χ3n) is 3.70. The molecule has 112 valence electrons. The lowest BCUT2D eigenvalue weighted by Crippen LogP contribution is -2.33. The van der Waals surface area contributed by atoms with Crippen molar-refractivity contribution in [1.29, 1.82) is 0 Å². The normalized spacial score (nSPS) is 16.3. The molecule has 2 aromatic carbocycles. The minimum Gasteiger partial charge on any atom is -0.492 e. The van der Waals surface area contributed by atoms with E-state index in [1.165, 1.54) is 0 Å². The zero-order valence-electron chi connectivity index (χ0n) is 11.9. The van der Waals surface area contributed by atoms with Crippen LogP contribution in [0.5, 0.6) is 5.75 Å². The van der Waals surface area contributed by atoms with Crippen LogP contribution in [0.15, 0.2) is 48.5 Å². The van der Waals surface area contributed by atoms with E-state index < -0.39 is 5.91 Å². The Labute approximate surface area is 128 Å². The number of fused-ring (bicyclic) bond motifs is 1. The van der Waals surface area contributed by atoms with Crippen LogP contribution in [0.3, 0.4) is 0 Å². The van der Waals surface area contributed by atoms with E-state index in [9.17, 15) is 9.59 Å². The molecule has 3 N–H and O–H groups in total. The van der Waals surface area contributed by atoms with Crippen molar-refractivity contribution in [3.63, 3.8) is 0 Å². The lowest BCUT2D eigenvalue weighted by Gasteiger charge is -2.24. The molecular weight excluding hydrogens is 280 g/mol. The van der Waals surface area contributed by atoms with Gasteiger partial charge in [0.25, 0.3) is 5.91 Å². The Morgan fingerprint density at radius 1 is 1.09 bits per heavy atom. The van der Waals surface area contributed by atoms with E-state index in [2.05, 4.69) is 5.32 Å². The van der Waals surface area contributed by atoms with E-state index in [1.54, 1.807) is 24.3 Å². The van der Waals surface area contributed by atoms with Gasteiger partial charge in [-0.3, -0.25) is 9.59 Å². The van der Waals surface area contributed by atoms with Crippen molar-refractivity contribution < 1.29 is 14.3 Å². The molecule has 5 heteroatoms. The molecule has 0 aliphatic carbocycles. The molecule has 22 heavy (non-hydrogen) atoms. The fourth-order valence-corrected chi connectivity index (χ4v) is 2.54. The van der Waals surface area contributed by atoms with E-state index in [0.29, 0.717) is 24.3 Å². The van der Waals surface area contributed by atoms with Crippen molar-refractivity contribution in [3.05, 3.63) is 59.7 Å². The first kappa shape index (κ1) is 14.1. The number of hydrogen-bond acceptors (Lipinski definition) is 3. The maximum atomic E-state index is 12.4. The van der Waals surface area contributed by atoms with Gasteiger partial charge in [-0.15, -0.1) is 0 Å². The Morgan fingerprint density at radius 2 is 1.82 bits per heavy atom. The van der Waals surface area contributed by atoms with Crippen LogP contribution in [0.2, 0.25) is 0 Å². The molecule has 1 heterocycles. The first-order valence-corrected chi connectivity index (χ1v) is 7.05. The Bertz CT molecular complexity index is 727. The van der Waals surface area contributed by atoms with Gasteiger partial charge in [0.15, 0.2) is 0 Å². The summed E-state index contributed by atoms with van der Waals surface area (Å²) >= 11 is 0. The van der Waals surface area contributed by atoms with Crippen molar-refractivity contribution in [2.24, 2.45) is 11.7 Å². The summed E-state index contributed by atoms with van der Waals surface area (Å²) in [6.45, 7) is 0.321. The van der Waals surface area contributed by atoms with Gasteiger partial charge in [-0.2, -0.15) is 0 Å². The standard InChI is InChI=1S/C17H16N2O3/c18-16(20)13-6-2-3-7-14(13)19-17(21)12-9-11-5-1-4-8-15(11)22-10-12/h1-8,12H,9-10H2,(H2,18,20)(H,19,21)/t12-/m0/s1. The third-order valence-corrected chi connectivity index (χ3v) is 3.70. The van der Waals surface area contributed by atoms with Crippen LogP contribution in [-0.4, -0.2) is 18.4 Å². The van der Waals surface area contributed by atoms with Crippen LogP contribution >= 0.6 is 0 Å². The fraction of sp³-hybridized carbons (Fsp3) is 0.176. The van der Waals surface area contributed by atoms with Crippen LogP contribution in [0, 0.1) is 5.92 Å². The summed E-state index contributed by atoms with van der Waals surface area (Å²) in [6, 6.07) is 14.4. The van der Waals surface area contributed by atoms with Crippen molar-refractivity contribution in [2.45, 2.75) is 6.42 Å². The van der Waals surface area contributed by atoms with Gasteiger partial charge in [0.05, 0.1) is 17.2 Å². The molecule has 0 bridgehead atoms. The minimum absolute atomic E-state index is 0.178. The molecule has 1 aliphatic heterocycles. The first-order valence-electron chi connectivity index (χ1n) is 7.05. The van der Waals surface area contributed by atoms with Crippen molar-refractivity contribution in [1.82, 2.24) is 0 Å². The highest BCUT2D eigenvalue weighted by Crippen LogP contribution is 2.27. The lowest BCUT2D eigenvalue weighted by atomic mass is 9.96. The van der Waals surface area contributed by atoms with Crippen molar-refractivity contribution >= 4 is 17.5 Å². The summed E-state index contributed by atoms with van der Waals surface area (Å²) in [6.07, 6.45) is 0.612. The average molecular weight is 296 g/mol. The number of hydrogen-bond donors (Lipinski definition) is 2. The van der Waals surface area contributed by atoms with E-state index in [4.69, 9.17) is 10.5 Å². The smallest absolute Gasteiger partial charge is 0.250 e. The van der Waals surface area contributed by atoms with Crippen LogP contribution in [0.25, 0.3) is 0 Å². The molecule has 3 rings (SSSR count). The van der Waals surface area contributed by atoms with Crippen LogP contribution in [0.1, 0.15) is 15.9 Å². The fourth-order valence-electron chi connectivity index (χ4n) is 2.54. The first-order chi connectivity index (χ1) is 10.6. The summed E-state index contributed by atoms with van der Waals surface area (Å²) in [7, 11) is 0. The number of ether oxygens (including phenoxy) is 1. The number of nitrogens with two attached hydrogens (primary N) is 1. The zero-order chi connectivity index (χ0) is 15.5. The highest BCUT2D eigenvalue weighted by Gasteiger charge is 2.26. The molecular formula is C17H16N2O3. The average Bonchev–Trinajstić information content (AvgIpc) is 2.54. The summed E-state index contributed by atoms with van der Waals surface area (Å²) in [5.41, 5.74) is 7.06. The molecule has 0 spiro atoms. The summed E-state index contributed by atoms with van der Waals surface area (Å²) < 4.78 is 5.62. The number of para-hydroxylation sites is 2. The second-order valence-electron chi connectivity index (χ2n) is 5.22. The largest absolute Gasteiger partial charge is 0.492 e. The molecule has 2 amide bonds. The number of primary amides is 1. The number of carbonyl (C=O) groups is 2. The third kappa shape index (κ3) is 2.79. The van der Waals surface area contributed by atoms with Gasteiger partial charge >= 0.3 is 0 Å². The number of rotatable bonds is 3. The van der Waals surface area contributed by atoms with Crippen molar-refractivity contribution in [3.8, 4) is 5.75 Å². The van der Waals surface area contributed by atoms with Crippen molar-refractivity contribution in [2.75, 3.05) is 11.9 Å². The van der Waals surface area contributed by atoms with Crippen LogP contribution in [0.4, 0.5) is 5.69 Å². The molecule has 1 aliphatic rings. The van der Waals surface area contributed by atoms with E-state index in [1.807, 2.05) is 24.3 Å². The topological polar surface area (TPSA) is 81.4 Å². The van der Waals surface area contributed by atoms with Gasteiger partial charge in [-0.05, 0) is 30.2 Å². The van der Waals surface area contributed by atoms with E-state index in [-0.39, 0.29) is 11.8 Å². The molecule has 2 aromatic rings. The van der Waals surface area contributed by atoms with Crippen LogP contribution < -0.4 is 15.8 Å². The number of benzene rings is 2. The predicted molar refractivity (Wildman–Crippen MR) is 82.7 cm³/mol. The van der Waals surface area contributed by atoms with E-state index in [0.717, 1.165) is 11.3 Å². The number of carbonyl (C=O) groups excluding carboxylic acids is 2. The number of nitrogens with one attached hydrogen (secondary N) is 1. The quantitative estimate of drug-likeness (QED) is 0.908. The molecule has 1 atom stereocenters. The molecule has 0 unspecified atom stereocenters. The minimum atomic E-state index is -0.568. The summed E-state index contributed by atoms with van der Waals surface area (Å²) in [5, 5.41) is 2.77. The van der Waals surface area contributed by atoms with Gasteiger partial charge < -0.3 is 15.8 Å². The summed E-state index contributed by atoms with van der Waals surface area (Å²) in [5.74, 6) is -0.218. The van der Waals surface area contributed by atoms with Gasteiger partial charge in [0.1, 0.15) is 12.4 Å². The molecule has 0 radical (unpaired) electrons. The Kier molecular flexibility index (Phi) is 3.78. The maximum absolute atomic E-state index is 12.4. The Hall–Kier alpha value is -2.82. The Balaban J connectivity index is 1.75. The van der Waals surface area contributed by atoms with Gasteiger partial charge in [-0.1, -0.05) is 30.3 Å². The number of anilines is 1. The molecule has 0 fully saturated rings. The molecule has 5 nitrogen and oxygen atoms in total. The molecule has 0 saturated heterocycles.